The number of nitrogens with two attached hydrogens (primary N) is 1. The summed E-state index contributed by atoms with van der Waals surface area (Å²) in [5.74, 6) is -0.752. The Kier molecular flexibility index (Phi) is 4.19. The van der Waals surface area contributed by atoms with E-state index in [4.69, 9.17) is 10.5 Å². The zero-order valence-corrected chi connectivity index (χ0v) is 12.3. The number of alkyl halides is 3. The number of ether oxygens (including phenoxy) is 2. The highest BCUT2D eigenvalue weighted by Crippen LogP contribution is 2.42. The molecule has 7 heteroatoms. The van der Waals surface area contributed by atoms with Crippen LogP contribution in [0.3, 0.4) is 0 Å². The van der Waals surface area contributed by atoms with Crippen molar-refractivity contribution >= 4 is 6.08 Å². The van der Waals surface area contributed by atoms with Crippen molar-refractivity contribution in [1.29, 1.82) is 0 Å². The third-order valence-corrected chi connectivity index (χ3v) is 3.48. The number of hydrogen-bond acceptors (Lipinski definition) is 3. The SMILES string of the molecule is NC[C@H]1C=Cc2cc(F)cc(-c3ccccc3OC(F)(F)F)c2O1. The van der Waals surface area contributed by atoms with E-state index in [0.717, 1.165) is 6.07 Å². The quantitative estimate of drug-likeness (QED) is 0.856. The van der Waals surface area contributed by atoms with Crippen molar-refractivity contribution in [2.45, 2.75) is 12.5 Å². The van der Waals surface area contributed by atoms with E-state index in [1.807, 2.05) is 0 Å². The minimum Gasteiger partial charge on any atom is -0.484 e. The lowest BCUT2D eigenvalue weighted by Crippen LogP contribution is -2.26. The molecular weight excluding hydrogens is 326 g/mol. The Balaban J connectivity index is 2.15. The number of rotatable bonds is 3. The smallest absolute Gasteiger partial charge is 0.484 e. The van der Waals surface area contributed by atoms with Crippen LogP contribution in [0.1, 0.15) is 5.56 Å². The number of para-hydroxylation sites is 1. The second-order valence-electron chi connectivity index (χ2n) is 5.17. The minimum absolute atomic E-state index is 0.0802. The van der Waals surface area contributed by atoms with Gasteiger partial charge in [0.2, 0.25) is 0 Å². The first-order valence-corrected chi connectivity index (χ1v) is 7.11. The molecule has 0 unspecified atom stereocenters. The topological polar surface area (TPSA) is 44.5 Å². The zero-order valence-electron chi connectivity index (χ0n) is 12.3. The molecule has 0 saturated carbocycles. The predicted molar refractivity (Wildman–Crippen MR) is 81.0 cm³/mol. The highest BCUT2D eigenvalue weighted by Gasteiger charge is 2.33. The van der Waals surface area contributed by atoms with Crippen molar-refractivity contribution < 1.29 is 27.0 Å². The third kappa shape index (κ3) is 3.35. The van der Waals surface area contributed by atoms with Crippen LogP contribution < -0.4 is 15.2 Å². The Labute approximate surface area is 135 Å². The summed E-state index contributed by atoms with van der Waals surface area (Å²) in [7, 11) is 0. The van der Waals surface area contributed by atoms with Gasteiger partial charge in [0.25, 0.3) is 0 Å². The molecule has 2 N–H and O–H groups in total. The number of benzene rings is 2. The lowest BCUT2D eigenvalue weighted by Gasteiger charge is -2.24. The highest BCUT2D eigenvalue weighted by atomic mass is 19.4. The van der Waals surface area contributed by atoms with Gasteiger partial charge in [-0.15, -0.1) is 13.2 Å². The van der Waals surface area contributed by atoms with Crippen LogP contribution in [0.4, 0.5) is 17.6 Å². The molecule has 126 valence electrons. The zero-order chi connectivity index (χ0) is 17.3. The van der Waals surface area contributed by atoms with Gasteiger partial charge >= 0.3 is 6.36 Å². The van der Waals surface area contributed by atoms with Crippen LogP contribution >= 0.6 is 0 Å². The van der Waals surface area contributed by atoms with Gasteiger partial charge in [0.05, 0.1) is 0 Å². The van der Waals surface area contributed by atoms with E-state index in [-0.39, 0.29) is 23.4 Å². The molecule has 1 aliphatic rings. The fourth-order valence-corrected chi connectivity index (χ4v) is 2.50. The summed E-state index contributed by atoms with van der Waals surface area (Å²) in [6.45, 7) is 0.188. The summed E-state index contributed by atoms with van der Waals surface area (Å²) >= 11 is 0. The van der Waals surface area contributed by atoms with Gasteiger partial charge in [0.1, 0.15) is 23.4 Å². The Morgan fingerprint density at radius 2 is 1.88 bits per heavy atom. The summed E-state index contributed by atoms with van der Waals surface area (Å²) in [6, 6.07) is 7.88. The highest BCUT2D eigenvalue weighted by molar-refractivity contribution is 5.81. The molecule has 0 aromatic heterocycles. The Morgan fingerprint density at radius 1 is 1.12 bits per heavy atom. The lowest BCUT2D eigenvalue weighted by molar-refractivity contribution is -0.274. The standard InChI is InChI=1S/C17H13F4NO2/c18-11-7-10-5-6-12(9-22)23-16(10)14(8-11)13-3-1-2-4-15(13)24-17(19,20)21/h1-8,12H,9,22H2/t12-/m1/s1. The monoisotopic (exact) mass is 339 g/mol. The van der Waals surface area contributed by atoms with E-state index in [1.165, 1.54) is 30.3 Å². The van der Waals surface area contributed by atoms with E-state index in [1.54, 1.807) is 12.2 Å². The normalized spacial score (nSPS) is 16.5. The summed E-state index contributed by atoms with van der Waals surface area (Å²) in [5.41, 5.74) is 6.25. The minimum atomic E-state index is -4.86. The van der Waals surface area contributed by atoms with Crippen LogP contribution in [-0.4, -0.2) is 19.0 Å². The van der Waals surface area contributed by atoms with Crippen molar-refractivity contribution in [3.63, 3.8) is 0 Å². The van der Waals surface area contributed by atoms with Gasteiger partial charge in [0.15, 0.2) is 0 Å². The van der Waals surface area contributed by atoms with Crippen molar-refractivity contribution in [2.75, 3.05) is 6.54 Å². The average molecular weight is 339 g/mol. The summed E-state index contributed by atoms with van der Waals surface area (Å²) in [4.78, 5) is 0. The summed E-state index contributed by atoms with van der Waals surface area (Å²) < 4.78 is 61.5. The van der Waals surface area contributed by atoms with Gasteiger partial charge in [-0.25, -0.2) is 4.39 Å². The molecule has 0 aliphatic carbocycles. The fourth-order valence-electron chi connectivity index (χ4n) is 2.50. The third-order valence-electron chi connectivity index (χ3n) is 3.48. The van der Waals surface area contributed by atoms with Crippen LogP contribution in [0.5, 0.6) is 11.5 Å². The molecule has 1 atom stereocenters. The first kappa shape index (κ1) is 16.3. The first-order chi connectivity index (χ1) is 11.4. The maximum absolute atomic E-state index is 13.9. The molecule has 0 amide bonds. The molecule has 0 spiro atoms. The number of halogens is 4. The Hall–Kier alpha value is -2.54. The molecule has 24 heavy (non-hydrogen) atoms. The van der Waals surface area contributed by atoms with Gasteiger partial charge in [0, 0.05) is 23.2 Å². The van der Waals surface area contributed by atoms with Crippen LogP contribution in [0, 0.1) is 5.82 Å². The molecule has 2 aromatic rings. The number of fused-ring (bicyclic) bond motifs is 1. The van der Waals surface area contributed by atoms with Crippen molar-refractivity contribution in [2.24, 2.45) is 5.73 Å². The van der Waals surface area contributed by atoms with E-state index >= 15 is 0 Å². The molecule has 2 aromatic carbocycles. The van der Waals surface area contributed by atoms with E-state index < -0.39 is 24.0 Å². The molecule has 3 nitrogen and oxygen atoms in total. The second kappa shape index (κ2) is 6.16. The molecule has 0 fully saturated rings. The van der Waals surface area contributed by atoms with Gasteiger partial charge in [-0.1, -0.05) is 24.3 Å². The van der Waals surface area contributed by atoms with Crippen molar-refractivity contribution in [1.82, 2.24) is 0 Å². The largest absolute Gasteiger partial charge is 0.573 e. The molecular formula is C17H13F4NO2. The van der Waals surface area contributed by atoms with Crippen LogP contribution in [0.15, 0.2) is 42.5 Å². The van der Waals surface area contributed by atoms with Gasteiger partial charge in [-0.05, 0) is 24.3 Å². The lowest BCUT2D eigenvalue weighted by atomic mass is 9.98. The number of hydrogen-bond donors (Lipinski definition) is 1. The van der Waals surface area contributed by atoms with Crippen molar-refractivity contribution in [3.05, 3.63) is 53.9 Å². The average Bonchev–Trinajstić information content (AvgIpc) is 2.53. The molecule has 3 rings (SSSR count). The van der Waals surface area contributed by atoms with Crippen molar-refractivity contribution in [3.8, 4) is 22.6 Å². The van der Waals surface area contributed by atoms with Crippen LogP contribution in [0.25, 0.3) is 17.2 Å². The van der Waals surface area contributed by atoms with Crippen LogP contribution in [0.2, 0.25) is 0 Å². The maximum Gasteiger partial charge on any atom is 0.573 e. The fraction of sp³-hybridized carbons (Fsp3) is 0.176. The maximum atomic E-state index is 13.9. The Morgan fingerprint density at radius 3 is 2.58 bits per heavy atom. The molecule has 1 aliphatic heterocycles. The van der Waals surface area contributed by atoms with Gasteiger partial charge in [-0.2, -0.15) is 0 Å². The van der Waals surface area contributed by atoms with E-state index in [2.05, 4.69) is 4.74 Å². The van der Waals surface area contributed by atoms with Crippen LogP contribution in [-0.2, 0) is 0 Å². The molecule has 0 bridgehead atoms. The molecule has 0 radical (unpaired) electrons. The molecule has 0 saturated heterocycles. The second-order valence-corrected chi connectivity index (χ2v) is 5.17. The first-order valence-electron chi connectivity index (χ1n) is 7.11. The molecule has 1 heterocycles. The van der Waals surface area contributed by atoms with E-state index in [9.17, 15) is 17.6 Å². The predicted octanol–water partition coefficient (Wildman–Crippen LogP) is 4.12. The van der Waals surface area contributed by atoms with Gasteiger partial charge in [-0.3, -0.25) is 0 Å². The summed E-state index contributed by atoms with van der Waals surface area (Å²) in [6.07, 6.45) is -1.98. The summed E-state index contributed by atoms with van der Waals surface area (Å²) in [5, 5.41) is 0. The van der Waals surface area contributed by atoms with Gasteiger partial charge < -0.3 is 15.2 Å². The van der Waals surface area contributed by atoms with E-state index in [0.29, 0.717) is 5.56 Å². The Bertz CT molecular complexity index is 787.